The number of nitrogens with zero attached hydrogens (tertiary/aromatic N) is 2. The van der Waals surface area contributed by atoms with E-state index in [-0.39, 0.29) is 11.2 Å². The van der Waals surface area contributed by atoms with Gasteiger partial charge in [-0.05, 0) is 17.9 Å². The molecule has 1 aromatic rings. The Bertz CT molecular complexity index is 265. The van der Waals surface area contributed by atoms with E-state index in [0.717, 1.165) is 12.6 Å². The summed E-state index contributed by atoms with van der Waals surface area (Å²) in [6.45, 7) is 6.25. The van der Waals surface area contributed by atoms with E-state index in [1.165, 1.54) is 6.07 Å². The topological polar surface area (TPSA) is 25.8 Å². The molecule has 12 heavy (non-hydrogen) atoms. The highest BCUT2D eigenvalue weighted by molar-refractivity contribution is 5.03. The molecule has 2 nitrogen and oxygen atoms in total. The van der Waals surface area contributed by atoms with Gasteiger partial charge < -0.3 is 0 Å². The van der Waals surface area contributed by atoms with E-state index < -0.39 is 0 Å². The van der Waals surface area contributed by atoms with Crippen LogP contribution in [0.15, 0.2) is 12.3 Å². The van der Waals surface area contributed by atoms with E-state index in [0.29, 0.717) is 5.69 Å². The molecule has 3 heteroatoms. The summed E-state index contributed by atoms with van der Waals surface area (Å²) in [5.41, 5.74) is 0.838. The number of rotatable bonds is 1. The van der Waals surface area contributed by atoms with Gasteiger partial charge in [-0.1, -0.05) is 20.8 Å². The van der Waals surface area contributed by atoms with Crippen molar-refractivity contribution in [2.24, 2.45) is 5.41 Å². The Morgan fingerprint density at radius 1 is 1.42 bits per heavy atom. The van der Waals surface area contributed by atoms with Crippen molar-refractivity contribution in [1.29, 1.82) is 0 Å². The van der Waals surface area contributed by atoms with Crippen molar-refractivity contribution in [3.05, 3.63) is 23.8 Å². The van der Waals surface area contributed by atoms with Crippen LogP contribution in [0.3, 0.4) is 0 Å². The highest BCUT2D eigenvalue weighted by Gasteiger charge is 2.12. The molecular formula is C9H13FN2. The van der Waals surface area contributed by atoms with Crippen LogP contribution in [0.25, 0.3) is 0 Å². The minimum atomic E-state index is -0.316. The smallest absolute Gasteiger partial charge is 0.145 e. The summed E-state index contributed by atoms with van der Waals surface area (Å²) in [4.78, 5) is 0. The fraction of sp³-hybridized carbons (Fsp3) is 0.556. The highest BCUT2D eigenvalue weighted by atomic mass is 19.1. The monoisotopic (exact) mass is 168 g/mol. The van der Waals surface area contributed by atoms with Gasteiger partial charge >= 0.3 is 0 Å². The van der Waals surface area contributed by atoms with Crippen molar-refractivity contribution < 1.29 is 4.39 Å². The van der Waals surface area contributed by atoms with Crippen molar-refractivity contribution in [3.63, 3.8) is 0 Å². The molecule has 0 radical (unpaired) electrons. The van der Waals surface area contributed by atoms with Gasteiger partial charge in [-0.3, -0.25) is 0 Å². The van der Waals surface area contributed by atoms with Crippen LogP contribution in [-0.4, -0.2) is 10.2 Å². The quantitative estimate of drug-likeness (QED) is 0.642. The Labute approximate surface area is 71.8 Å². The molecule has 0 fully saturated rings. The normalized spacial score (nSPS) is 11.7. The molecule has 0 saturated carbocycles. The molecule has 0 aliphatic heterocycles. The summed E-state index contributed by atoms with van der Waals surface area (Å²) in [6, 6.07) is 1.43. The van der Waals surface area contributed by atoms with E-state index in [1.807, 2.05) is 0 Å². The molecule has 0 amide bonds. The van der Waals surface area contributed by atoms with Crippen LogP contribution in [0.4, 0.5) is 4.39 Å². The van der Waals surface area contributed by atoms with Gasteiger partial charge in [-0.15, -0.1) is 0 Å². The first-order valence-corrected chi connectivity index (χ1v) is 3.94. The van der Waals surface area contributed by atoms with Crippen LogP contribution >= 0.6 is 0 Å². The zero-order valence-corrected chi connectivity index (χ0v) is 7.63. The SMILES string of the molecule is CC(C)(C)Cc1cc(F)cnn1. The maximum Gasteiger partial charge on any atom is 0.145 e. The van der Waals surface area contributed by atoms with Crippen LogP contribution in [-0.2, 0) is 6.42 Å². The minimum absolute atomic E-state index is 0.127. The van der Waals surface area contributed by atoms with Crippen LogP contribution in [0.2, 0.25) is 0 Å². The maximum absolute atomic E-state index is 12.6. The van der Waals surface area contributed by atoms with E-state index in [9.17, 15) is 4.39 Å². The lowest BCUT2D eigenvalue weighted by molar-refractivity contribution is 0.403. The molecule has 0 spiro atoms. The minimum Gasteiger partial charge on any atom is -0.205 e. The van der Waals surface area contributed by atoms with Crippen molar-refractivity contribution in [2.45, 2.75) is 27.2 Å². The first-order chi connectivity index (χ1) is 5.47. The average molecular weight is 168 g/mol. The zero-order chi connectivity index (χ0) is 9.19. The van der Waals surface area contributed by atoms with Gasteiger partial charge in [-0.2, -0.15) is 10.2 Å². The molecular weight excluding hydrogens is 155 g/mol. The number of hydrogen-bond acceptors (Lipinski definition) is 2. The first-order valence-electron chi connectivity index (χ1n) is 3.94. The molecule has 1 rings (SSSR count). The second-order valence-corrected chi connectivity index (χ2v) is 4.10. The number of aromatic nitrogens is 2. The zero-order valence-electron chi connectivity index (χ0n) is 7.63. The summed E-state index contributed by atoms with van der Waals surface area (Å²) in [5, 5.41) is 7.38. The van der Waals surface area contributed by atoms with Crippen LogP contribution < -0.4 is 0 Å². The summed E-state index contributed by atoms with van der Waals surface area (Å²) in [6.07, 6.45) is 1.86. The maximum atomic E-state index is 12.6. The van der Waals surface area contributed by atoms with E-state index >= 15 is 0 Å². The molecule has 0 aliphatic carbocycles. The fourth-order valence-corrected chi connectivity index (χ4v) is 1.01. The molecule has 0 aromatic carbocycles. The van der Waals surface area contributed by atoms with Crippen LogP contribution in [0, 0.1) is 11.2 Å². The van der Waals surface area contributed by atoms with Crippen molar-refractivity contribution in [3.8, 4) is 0 Å². The second-order valence-electron chi connectivity index (χ2n) is 4.10. The predicted molar refractivity (Wildman–Crippen MR) is 45.1 cm³/mol. The second kappa shape index (κ2) is 3.17. The van der Waals surface area contributed by atoms with E-state index in [1.54, 1.807) is 0 Å². The van der Waals surface area contributed by atoms with Gasteiger partial charge in [0.05, 0.1) is 11.9 Å². The van der Waals surface area contributed by atoms with Gasteiger partial charge in [0.25, 0.3) is 0 Å². The van der Waals surface area contributed by atoms with Gasteiger partial charge in [0.2, 0.25) is 0 Å². The molecule has 0 atom stereocenters. The molecule has 1 heterocycles. The first kappa shape index (κ1) is 9.10. The van der Waals surface area contributed by atoms with Gasteiger partial charge in [-0.25, -0.2) is 4.39 Å². The summed E-state index contributed by atoms with van der Waals surface area (Å²) < 4.78 is 12.6. The lowest BCUT2D eigenvalue weighted by atomic mass is 9.90. The number of hydrogen-bond donors (Lipinski definition) is 0. The van der Waals surface area contributed by atoms with Crippen molar-refractivity contribution >= 4 is 0 Å². The predicted octanol–water partition coefficient (Wildman–Crippen LogP) is 2.20. The van der Waals surface area contributed by atoms with Crippen LogP contribution in [0.5, 0.6) is 0 Å². The Kier molecular flexibility index (Phi) is 2.40. The summed E-state index contributed by atoms with van der Waals surface area (Å²) >= 11 is 0. The van der Waals surface area contributed by atoms with E-state index in [4.69, 9.17) is 0 Å². The molecule has 1 aromatic heterocycles. The molecule has 0 saturated heterocycles. The Morgan fingerprint density at radius 3 is 2.58 bits per heavy atom. The number of halogens is 1. The molecule has 0 bridgehead atoms. The summed E-state index contributed by atoms with van der Waals surface area (Å²) in [7, 11) is 0. The largest absolute Gasteiger partial charge is 0.205 e. The third-order valence-corrected chi connectivity index (χ3v) is 1.38. The Hall–Kier alpha value is -0.990. The molecule has 0 unspecified atom stereocenters. The summed E-state index contributed by atoms with van der Waals surface area (Å²) in [5.74, 6) is -0.316. The van der Waals surface area contributed by atoms with Crippen LogP contribution in [0.1, 0.15) is 26.5 Å². The lowest BCUT2D eigenvalue weighted by Gasteiger charge is -2.16. The van der Waals surface area contributed by atoms with Gasteiger partial charge in [0.1, 0.15) is 5.82 Å². The fourth-order valence-electron chi connectivity index (χ4n) is 1.01. The lowest BCUT2D eigenvalue weighted by Crippen LogP contribution is -2.11. The van der Waals surface area contributed by atoms with Crippen molar-refractivity contribution in [2.75, 3.05) is 0 Å². The standard InChI is InChI=1S/C9H13FN2/c1-9(2,3)5-8-4-7(10)6-11-12-8/h4,6H,5H2,1-3H3. The average Bonchev–Trinajstić information content (AvgIpc) is 1.82. The molecule has 0 aliphatic rings. The Balaban J connectivity index is 2.77. The van der Waals surface area contributed by atoms with Crippen molar-refractivity contribution in [1.82, 2.24) is 10.2 Å². The van der Waals surface area contributed by atoms with Gasteiger partial charge in [0, 0.05) is 0 Å². The van der Waals surface area contributed by atoms with Gasteiger partial charge in [0.15, 0.2) is 0 Å². The van der Waals surface area contributed by atoms with E-state index in [2.05, 4.69) is 31.0 Å². The molecule has 66 valence electrons. The third kappa shape index (κ3) is 2.95. The molecule has 0 N–H and O–H groups in total. The Morgan fingerprint density at radius 2 is 2.08 bits per heavy atom. The highest BCUT2D eigenvalue weighted by Crippen LogP contribution is 2.18. The third-order valence-electron chi connectivity index (χ3n) is 1.38.